The molecule has 1 saturated heterocycles. The van der Waals surface area contributed by atoms with Crippen LogP contribution in [-0.2, 0) is 16.1 Å². The van der Waals surface area contributed by atoms with Gasteiger partial charge in [-0.05, 0) is 42.8 Å². The summed E-state index contributed by atoms with van der Waals surface area (Å²) in [7, 11) is 0. The van der Waals surface area contributed by atoms with E-state index in [-0.39, 0.29) is 24.8 Å². The fraction of sp³-hybridized carbons (Fsp3) is 0.250. The number of amides is 2. The van der Waals surface area contributed by atoms with Gasteiger partial charge in [0, 0.05) is 25.2 Å². The second kappa shape index (κ2) is 6.83. The van der Waals surface area contributed by atoms with Crippen molar-refractivity contribution in [3.63, 3.8) is 0 Å². The maximum atomic E-state index is 13.4. The Labute approximate surface area is 155 Å². The van der Waals surface area contributed by atoms with Crippen molar-refractivity contribution in [2.24, 2.45) is 5.92 Å². The van der Waals surface area contributed by atoms with Crippen molar-refractivity contribution in [1.82, 2.24) is 15.3 Å². The van der Waals surface area contributed by atoms with Crippen molar-refractivity contribution in [2.75, 3.05) is 11.4 Å². The molecule has 3 aromatic rings. The summed E-state index contributed by atoms with van der Waals surface area (Å²) >= 11 is 0. The zero-order valence-corrected chi connectivity index (χ0v) is 14.8. The fourth-order valence-corrected chi connectivity index (χ4v) is 3.40. The molecule has 2 N–H and O–H groups in total. The summed E-state index contributed by atoms with van der Waals surface area (Å²) in [5.41, 5.74) is 3.24. The third kappa shape index (κ3) is 3.53. The minimum absolute atomic E-state index is 0.126. The highest BCUT2D eigenvalue weighted by atomic mass is 19.1. The first-order valence-electron chi connectivity index (χ1n) is 8.78. The number of aromatic nitrogens is 2. The van der Waals surface area contributed by atoms with E-state index in [1.807, 2.05) is 25.1 Å². The molecule has 7 heteroatoms. The third-order valence-corrected chi connectivity index (χ3v) is 4.75. The average molecular weight is 366 g/mol. The van der Waals surface area contributed by atoms with Crippen molar-refractivity contribution >= 4 is 28.5 Å². The SMILES string of the molecule is Cc1nc2ccc(CNC(=O)[C@@H]3CC(=O)N(c4cccc(F)c4)C3)cc2[nH]1. The maximum Gasteiger partial charge on any atom is 0.227 e. The predicted octanol–water partition coefficient (Wildman–Crippen LogP) is 2.68. The molecule has 6 nitrogen and oxygen atoms in total. The number of nitrogens with one attached hydrogen (secondary N) is 2. The van der Waals surface area contributed by atoms with Crippen LogP contribution >= 0.6 is 0 Å². The molecule has 0 saturated carbocycles. The van der Waals surface area contributed by atoms with Gasteiger partial charge in [-0.3, -0.25) is 9.59 Å². The van der Waals surface area contributed by atoms with Gasteiger partial charge >= 0.3 is 0 Å². The molecular weight excluding hydrogens is 347 g/mol. The van der Waals surface area contributed by atoms with Gasteiger partial charge in [-0.1, -0.05) is 12.1 Å². The van der Waals surface area contributed by atoms with Gasteiger partial charge in [0.2, 0.25) is 11.8 Å². The smallest absolute Gasteiger partial charge is 0.227 e. The van der Waals surface area contributed by atoms with Gasteiger partial charge in [0.1, 0.15) is 11.6 Å². The standard InChI is InChI=1S/C20H19FN4O2/c1-12-23-17-6-5-13(7-18(17)24-12)10-22-20(27)14-8-19(26)25(11-14)16-4-2-3-15(21)9-16/h2-7,9,14H,8,10-11H2,1H3,(H,22,27)(H,23,24)/t14-/m1/s1. The van der Waals surface area contributed by atoms with Crippen LogP contribution in [0.25, 0.3) is 11.0 Å². The summed E-state index contributed by atoms with van der Waals surface area (Å²) in [6.07, 6.45) is 0.126. The van der Waals surface area contributed by atoms with Crippen LogP contribution < -0.4 is 10.2 Å². The Morgan fingerprint density at radius 1 is 1.33 bits per heavy atom. The fourth-order valence-electron chi connectivity index (χ4n) is 3.40. The maximum absolute atomic E-state index is 13.4. The number of anilines is 1. The number of hydrogen-bond donors (Lipinski definition) is 2. The van der Waals surface area contributed by atoms with Crippen LogP contribution in [0, 0.1) is 18.7 Å². The van der Waals surface area contributed by atoms with Gasteiger partial charge in [-0.15, -0.1) is 0 Å². The number of aromatic amines is 1. The summed E-state index contributed by atoms with van der Waals surface area (Å²) in [6.45, 7) is 2.52. The summed E-state index contributed by atoms with van der Waals surface area (Å²) in [4.78, 5) is 33.7. The lowest BCUT2D eigenvalue weighted by Gasteiger charge is -2.16. The molecule has 27 heavy (non-hydrogen) atoms. The van der Waals surface area contributed by atoms with Gasteiger partial charge in [0.25, 0.3) is 0 Å². The van der Waals surface area contributed by atoms with E-state index in [2.05, 4.69) is 15.3 Å². The van der Waals surface area contributed by atoms with Crippen LogP contribution in [0.1, 0.15) is 17.8 Å². The average Bonchev–Trinajstić information content (AvgIpc) is 3.21. The molecular formula is C20H19FN4O2. The van der Waals surface area contributed by atoms with Crippen molar-refractivity contribution in [3.05, 3.63) is 59.7 Å². The summed E-state index contributed by atoms with van der Waals surface area (Å²) in [5.74, 6) is -0.358. The highest BCUT2D eigenvalue weighted by Crippen LogP contribution is 2.25. The molecule has 1 aliphatic heterocycles. The number of benzene rings is 2. The van der Waals surface area contributed by atoms with Gasteiger partial charge in [-0.25, -0.2) is 9.37 Å². The third-order valence-electron chi connectivity index (χ3n) is 4.75. The molecule has 0 radical (unpaired) electrons. The zero-order valence-electron chi connectivity index (χ0n) is 14.8. The van der Waals surface area contributed by atoms with Gasteiger partial charge in [-0.2, -0.15) is 0 Å². The zero-order chi connectivity index (χ0) is 19.0. The lowest BCUT2D eigenvalue weighted by Crippen LogP contribution is -2.32. The van der Waals surface area contributed by atoms with Crippen LogP contribution in [-0.4, -0.2) is 28.3 Å². The van der Waals surface area contributed by atoms with E-state index in [0.717, 1.165) is 22.4 Å². The van der Waals surface area contributed by atoms with Crippen molar-refractivity contribution < 1.29 is 14.0 Å². The number of nitrogens with zero attached hydrogens (tertiary/aromatic N) is 2. The molecule has 2 amide bonds. The van der Waals surface area contributed by atoms with E-state index in [1.54, 1.807) is 12.1 Å². The van der Waals surface area contributed by atoms with E-state index in [1.165, 1.54) is 17.0 Å². The number of halogens is 1. The Morgan fingerprint density at radius 3 is 3.00 bits per heavy atom. The molecule has 0 unspecified atom stereocenters. The number of H-pyrrole nitrogens is 1. The number of carbonyl (C=O) groups excluding carboxylic acids is 2. The Bertz CT molecular complexity index is 1030. The second-order valence-corrected chi connectivity index (χ2v) is 6.78. The largest absolute Gasteiger partial charge is 0.352 e. The molecule has 1 aliphatic rings. The molecule has 138 valence electrons. The van der Waals surface area contributed by atoms with Crippen molar-refractivity contribution in [3.8, 4) is 0 Å². The number of aryl methyl sites for hydroxylation is 1. The minimum atomic E-state index is -0.445. The van der Waals surface area contributed by atoms with Crippen LogP contribution in [0.3, 0.4) is 0 Å². The topological polar surface area (TPSA) is 78.1 Å². The molecule has 1 atom stereocenters. The number of imidazole rings is 1. The lowest BCUT2D eigenvalue weighted by atomic mass is 10.1. The minimum Gasteiger partial charge on any atom is -0.352 e. The monoisotopic (exact) mass is 366 g/mol. The Morgan fingerprint density at radius 2 is 2.19 bits per heavy atom. The van der Waals surface area contributed by atoms with Crippen molar-refractivity contribution in [1.29, 1.82) is 0 Å². The Hall–Kier alpha value is -3.22. The van der Waals surface area contributed by atoms with Gasteiger partial charge in [0.15, 0.2) is 0 Å². The van der Waals surface area contributed by atoms with Crippen LogP contribution in [0.5, 0.6) is 0 Å². The second-order valence-electron chi connectivity index (χ2n) is 6.78. The van der Waals surface area contributed by atoms with E-state index < -0.39 is 11.7 Å². The molecule has 4 rings (SSSR count). The van der Waals surface area contributed by atoms with E-state index in [4.69, 9.17) is 0 Å². The summed E-state index contributed by atoms with van der Waals surface area (Å²) in [5, 5.41) is 2.89. The molecule has 0 bridgehead atoms. The first kappa shape index (κ1) is 17.2. The molecule has 2 heterocycles. The molecule has 1 fully saturated rings. The lowest BCUT2D eigenvalue weighted by molar-refractivity contribution is -0.126. The van der Waals surface area contributed by atoms with Crippen LogP contribution in [0.2, 0.25) is 0 Å². The van der Waals surface area contributed by atoms with Crippen molar-refractivity contribution in [2.45, 2.75) is 19.9 Å². The summed E-state index contributed by atoms with van der Waals surface area (Å²) < 4.78 is 13.4. The highest BCUT2D eigenvalue weighted by Gasteiger charge is 2.35. The highest BCUT2D eigenvalue weighted by molar-refractivity contribution is 6.00. The predicted molar refractivity (Wildman–Crippen MR) is 99.5 cm³/mol. The first-order valence-corrected chi connectivity index (χ1v) is 8.78. The quantitative estimate of drug-likeness (QED) is 0.745. The molecule has 1 aromatic heterocycles. The number of rotatable bonds is 4. The number of hydrogen-bond acceptors (Lipinski definition) is 3. The number of fused-ring (bicyclic) bond motifs is 1. The normalized spacial score (nSPS) is 16.9. The van der Waals surface area contributed by atoms with Gasteiger partial charge < -0.3 is 15.2 Å². The first-order chi connectivity index (χ1) is 13.0. The van der Waals surface area contributed by atoms with Crippen LogP contribution in [0.4, 0.5) is 10.1 Å². The Balaban J connectivity index is 1.40. The number of carbonyl (C=O) groups is 2. The molecule has 0 aliphatic carbocycles. The summed E-state index contributed by atoms with van der Waals surface area (Å²) in [6, 6.07) is 11.6. The van der Waals surface area contributed by atoms with Crippen LogP contribution in [0.15, 0.2) is 42.5 Å². The molecule has 0 spiro atoms. The van der Waals surface area contributed by atoms with E-state index in [0.29, 0.717) is 12.2 Å². The Kier molecular flexibility index (Phi) is 4.35. The molecule has 2 aromatic carbocycles. The van der Waals surface area contributed by atoms with Gasteiger partial charge in [0.05, 0.1) is 17.0 Å². The van der Waals surface area contributed by atoms with E-state index in [9.17, 15) is 14.0 Å². The van der Waals surface area contributed by atoms with E-state index >= 15 is 0 Å².